The molecule has 5 nitrogen and oxygen atoms in total. The second-order valence-electron chi connectivity index (χ2n) is 5.59. The molecule has 3 aromatic rings. The van der Waals surface area contributed by atoms with Crippen LogP contribution in [0.15, 0.2) is 42.7 Å². The molecule has 0 aliphatic carbocycles. The van der Waals surface area contributed by atoms with E-state index in [1.807, 2.05) is 0 Å². The Morgan fingerprint density at radius 3 is 1.96 bits per heavy atom. The Labute approximate surface area is 172 Å². The molecule has 146 valence electrons. The van der Waals surface area contributed by atoms with Crippen LogP contribution in [-0.4, -0.2) is 9.97 Å². The number of hydrogen-bond donors (Lipinski definition) is 3. The van der Waals surface area contributed by atoms with Crippen molar-refractivity contribution in [2.24, 2.45) is 0 Å². The molecule has 0 spiro atoms. The summed E-state index contributed by atoms with van der Waals surface area (Å²) in [6.45, 7) is 0. The van der Waals surface area contributed by atoms with Crippen molar-refractivity contribution in [1.82, 2.24) is 9.97 Å². The molecule has 0 aliphatic heterocycles. The minimum Gasteiger partial charge on any atom is -0.393 e. The number of nitrogens with two attached hydrogens (primary N) is 1. The molecule has 1 heterocycles. The van der Waals surface area contributed by atoms with Gasteiger partial charge in [-0.2, -0.15) is 13.2 Å². The predicted molar refractivity (Wildman–Crippen MR) is 106 cm³/mol. The lowest BCUT2D eigenvalue weighted by atomic mass is 10.2. The van der Waals surface area contributed by atoms with E-state index < -0.39 is 16.8 Å². The van der Waals surface area contributed by atoms with Crippen LogP contribution in [0.1, 0.15) is 5.56 Å². The van der Waals surface area contributed by atoms with Crippen LogP contribution >= 0.6 is 34.8 Å². The average Bonchev–Trinajstić information content (AvgIpc) is 2.58. The van der Waals surface area contributed by atoms with Crippen LogP contribution in [0.25, 0.3) is 0 Å². The van der Waals surface area contributed by atoms with Gasteiger partial charge in [0.25, 0.3) is 0 Å². The van der Waals surface area contributed by atoms with Gasteiger partial charge >= 0.3 is 6.18 Å². The van der Waals surface area contributed by atoms with Gasteiger partial charge in [0.1, 0.15) is 12.0 Å². The highest BCUT2D eigenvalue weighted by Crippen LogP contribution is 2.37. The highest BCUT2D eigenvalue weighted by molar-refractivity contribution is 6.35. The van der Waals surface area contributed by atoms with Gasteiger partial charge in [-0.25, -0.2) is 9.97 Å². The molecule has 2 aromatic carbocycles. The van der Waals surface area contributed by atoms with Gasteiger partial charge in [-0.15, -0.1) is 0 Å². The Hall–Kier alpha value is -2.42. The second-order valence-corrected chi connectivity index (χ2v) is 6.87. The molecule has 0 bridgehead atoms. The lowest BCUT2D eigenvalue weighted by molar-refractivity contribution is -0.137. The highest BCUT2D eigenvalue weighted by Gasteiger charge is 2.33. The van der Waals surface area contributed by atoms with Crippen molar-refractivity contribution in [2.45, 2.75) is 6.18 Å². The van der Waals surface area contributed by atoms with E-state index in [-0.39, 0.29) is 23.0 Å². The van der Waals surface area contributed by atoms with E-state index in [1.54, 1.807) is 18.2 Å². The fourth-order valence-corrected chi connectivity index (χ4v) is 3.07. The molecule has 0 saturated heterocycles. The zero-order chi connectivity index (χ0) is 20.5. The molecule has 4 N–H and O–H groups in total. The van der Waals surface area contributed by atoms with Gasteiger partial charge in [-0.1, -0.05) is 34.8 Å². The third-order valence-corrected chi connectivity index (χ3v) is 4.31. The molecule has 0 amide bonds. The number of halogens is 6. The summed E-state index contributed by atoms with van der Waals surface area (Å²) in [7, 11) is 0. The van der Waals surface area contributed by atoms with E-state index in [0.29, 0.717) is 15.7 Å². The lowest BCUT2D eigenvalue weighted by Gasteiger charge is -2.15. The summed E-state index contributed by atoms with van der Waals surface area (Å²) in [4.78, 5) is 8.00. The number of benzene rings is 2. The summed E-state index contributed by atoms with van der Waals surface area (Å²) >= 11 is 17.5. The standard InChI is InChI=1S/C17H11Cl3F3N5/c18-8-3-9(19)5-11(4-8)28-16-14(24)15(25-7-26-16)27-10-1-2-13(20)12(6-10)17(21,22)23/h1-7H,24H2,(H2,25,26,27,28). The first-order valence-corrected chi connectivity index (χ1v) is 8.74. The molecule has 0 fully saturated rings. The SMILES string of the molecule is Nc1c(Nc2cc(Cl)cc(Cl)c2)ncnc1Nc1ccc(Cl)c(C(F)(F)F)c1. The number of nitrogens with one attached hydrogen (secondary N) is 2. The fraction of sp³-hybridized carbons (Fsp3) is 0.0588. The van der Waals surface area contributed by atoms with Gasteiger partial charge in [0.15, 0.2) is 11.6 Å². The molecule has 1 aromatic heterocycles. The summed E-state index contributed by atoms with van der Waals surface area (Å²) in [5, 5.41) is 6.07. The van der Waals surface area contributed by atoms with E-state index in [4.69, 9.17) is 40.5 Å². The first-order chi connectivity index (χ1) is 13.1. The molecule has 0 aliphatic rings. The molecule has 3 rings (SSSR count). The number of rotatable bonds is 4. The largest absolute Gasteiger partial charge is 0.417 e. The maximum absolute atomic E-state index is 13.0. The van der Waals surface area contributed by atoms with Crippen LogP contribution in [0, 0.1) is 0 Å². The Balaban J connectivity index is 1.89. The molecule has 0 saturated carbocycles. The number of alkyl halides is 3. The molecule has 0 radical (unpaired) electrons. The van der Waals surface area contributed by atoms with Crippen molar-refractivity contribution in [3.8, 4) is 0 Å². The van der Waals surface area contributed by atoms with Gasteiger partial charge < -0.3 is 16.4 Å². The summed E-state index contributed by atoms with van der Waals surface area (Å²) in [6, 6.07) is 8.16. The van der Waals surface area contributed by atoms with E-state index in [2.05, 4.69) is 20.6 Å². The van der Waals surface area contributed by atoms with E-state index in [9.17, 15) is 13.2 Å². The van der Waals surface area contributed by atoms with Gasteiger partial charge in [0, 0.05) is 21.4 Å². The van der Waals surface area contributed by atoms with Crippen molar-refractivity contribution >= 4 is 63.5 Å². The number of anilines is 5. The first-order valence-electron chi connectivity index (χ1n) is 7.61. The minimum atomic E-state index is -4.59. The quantitative estimate of drug-likeness (QED) is 0.423. The van der Waals surface area contributed by atoms with Gasteiger partial charge in [-0.05, 0) is 36.4 Å². The molecule has 11 heteroatoms. The Morgan fingerprint density at radius 2 is 1.39 bits per heavy atom. The Morgan fingerprint density at radius 1 is 0.821 bits per heavy atom. The predicted octanol–water partition coefficient (Wildman–Crippen LogP) is 6.53. The zero-order valence-electron chi connectivity index (χ0n) is 13.8. The number of nitrogens with zero attached hydrogens (tertiary/aromatic N) is 2. The monoisotopic (exact) mass is 447 g/mol. The van der Waals surface area contributed by atoms with Crippen LogP contribution in [0.2, 0.25) is 15.1 Å². The van der Waals surface area contributed by atoms with Crippen LogP contribution in [0.5, 0.6) is 0 Å². The summed E-state index contributed by atoms with van der Waals surface area (Å²) < 4.78 is 39.1. The van der Waals surface area contributed by atoms with Gasteiger partial charge in [0.05, 0.1) is 10.6 Å². The van der Waals surface area contributed by atoms with Crippen molar-refractivity contribution in [3.05, 3.63) is 63.4 Å². The first kappa shape index (κ1) is 20.3. The van der Waals surface area contributed by atoms with Crippen LogP contribution in [0.4, 0.5) is 41.9 Å². The smallest absolute Gasteiger partial charge is 0.393 e. The van der Waals surface area contributed by atoms with E-state index in [0.717, 1.165) is 12.1 Å². The molecule has 0 unspecified atom stereocenters. The van der Waals surface area contributed by atoms with Crippen LogP contribution < -0.4 is 16.4 Å². The summed E-state index contributed by atoms with van der Waals surface area (Å²) in [5.74, 6) is 0.335. The Kier molecular flexibility index (Phi) is 5.74. The normalized spacial score (nSPS) is 11.4. The van der Waals surface area contributed by atoms with E-state index >= 15 is 0 Å². The lowest BCUT2D eigenvalue weighted by Crippen LogP contribution is -2.08. The van der Waals surface area contributed by atoms with Crippen LogP contribution in [-0.2, 0) is 6.18 Å². The minimum absolute atomic E-state index is 0.0853. The fourth-order valence-electron chi connectivity index (χ4n) is 2.31. The van der Waals surface area contributed by atoms with Crippen molar-refractivity contribution in [2.75, 3.05) is 16.4 Å². The van der Waals surface area contributed by atoms with Crippen molar-refractivity contribution in [1.29, 1.82) is 0 Å². The summed E-state index contributed by atoms with van der Waals surface area (Å²) in [6.07, 6.45) is -3.39. The summed E-state index contributed by atoms with van der Waals surface area (Å²) in [5.41, 5.74) is 5.79. The molecule has 0 atom stereocenters. The number of hydrogen-bond acceptors (Lipinski definition) is 5. The van der Waals surface area contributed by atoms with E-state index in [1.165, 1.54) is 12.4 Å². The highest BCUT2D eigenvalue weighted by atomic mass is 35.5. The average molecular weight is 449 g/mol. The third kappa shape index (κ3) is 4.70. The third-order valence-electron chi connectivity index (χ3n) is 3.54. The number of aromatic nitrogens is 2. The van der Waals surface area contributed by atoms with Gasteiger partial charge in [0.2, 0.25) is 0 Å². The second kappa shape index (κ2) is 7.90. The molecular formula is C17H11Cl3F3N5. The maximum atomic E-state index is 13.0. The maximum Gasteiger partial charge on any atom is 0.417 e. The van der Waals surface area contributed by atoms with Crippen molar-refractivity contribution < 1.29 is 13.2 Å². The topological polar surface area (TPSA) is 75.9 Å². The number of nitrogen functional groups attached to an aromatic ring is 1. The van der Waals surface area contributed by atoms with Gasteiger partial charge in [-0.3, -0.25) is 0 Å². The zero-order valence-corrected chi connectivity index (χ0v) is 16.0. The molecule has 28 heavy (non-hydrogen) atoms. The molecular weight excluding hydrogens is 438 g/mol. The van der Waals surface area contributed by atoms with Crippen LogP contribution in [0.3, 0.4) is 0 Å². The van der Waals surface area contributed by atoms with Crippen molar-refractivity contribution in [3.63, 3.8) is 0 Å². The Bertz CT molecular complexity index is 1010.